The van der Waals surface area contributed by atoms with E-state index in [9.17, 15) is 8.78 Å². The van der Waals surface area contributed by atoms with Crippen molar-refractivity contribution in [3.63, 3.8) is 0 Å². The fourth-order valence-corrected chi connectivity index (χ4v) is 0.572. The van der Waals surface area contributed by atoms with Crippen molar-refractivity contribution >= 4 is 0 Å². The molecule has 0 saturated carbocycles. The lowest BCUT2D eigenvalue weighted by Gasteiger charge is -2.11. The molecular weight excluding hydrogens is 150 g/mol. The van der Waals surface area contributed by atoms with Crippen LogP contribution in [0, 0.1) is 0 Å². The maximum absolute atomic E-state index is 11.8. The smallest absolute Gasteiger partial charge is 0.155 e. The minimum absolute atomic E-state index is 0.473. The fourth-order valence-electron chi connectivity index (χ4n) is 0.572. The van der Waals surface area contributed by atoms with Gasteiger partial charge in [0.2, 0.25) is 0 Å². The highest BCUT2D eigenvalue weighted by atomic mass is 19.1. The molecule has 0 heterocycles. The van der Waals surface area contributed by atoms with Gasteiger partial charge in [0.05, 0.1) is 5.76 Å². The number of ether oxygens (including phenoxy) is 1. The summed E-state index contributed by atoms with van der Waals surface area (Å²) in [6.07, 6.45) is 2.09. The number of hydrogen-bond donors (Lipinski definition) is 0. The minimum Gasteiger partial charge on any atom is -0.490 e. The Bertz CT molecular complexity index is 139. The van der Waals surface area contributed by atoms with Crippen LogP contribution in [-0.2, 0) is 4.74 Å². The summed E-state index contributed by atoms with van der Waals surface area (Å²) in [6, 6.07) is 0. The summed E-state index contributed by atoms with van der Waals surface area (Å²) in [5.74, 6) is 0.473. The van der Waals surface area contributed by atoms with Crippen molar-refractivity contribution in [1.29, 1.82) is 0 Å². The molecular formula is C8H12F2O. The highest BCUT2D eigenvalue weighted by molar-refractivity contribution is 5.01. The molecule has 11 heavy (non-hydrogen) atoms. The SMILES string of the molecule is C=C/C=C(\C)OC(CF)CF. The molecule has 64 valence electrons. The van der Waals surface area contributed by atoms with Gasteiger partial charge in [-0.15, -0.1) is 0 Å². The Morgan fingerprint density at radius 2 is 2.09 bits per heavy atom. The van der Waals surface area contributed by atoms with E-state index in [-0.39, 0.29) is 0 Å². The molecule has 0 fully saturated rings. The fraction of sp³-hybridized carbons (Fsp3) is 0.500. The van der Waals surface area contributed by atoms with E-state index in [0.29, 0.717) is 5.76 Å². The Morgan fingerprint density at radius 1 is 1.55 bits per heavy atom. The summed E-state index contributed by atoms with van der Waals surface area (Å²) in [5, 5.41) is 0. The van der Waals surface area contributed by atoms with Crippen LogP contribution < -0.4 is 0 Å². The predicted molar refractivity (Wildman–Crippen MR) is 40.8 cm³/mol. The molecule has 0 aromatic carbocycles. The van der Waals surface area contributed by atoms with Gasteiger partial charge in [-0.05, 0) is 13.0 Å². The third-order valence-electron chi connectivity index (χ3n) is 1.05. The summed E-state index contributed by atoms with van der Waals surface area (Å²) >= 11 is 0. The molecule has 0 aliphatic carbocycles. The molecule has 0 N–H and O–H groups in total. The monoisotopic (exact) mass is 162 g/mol. The first-order chi connectivity index (χ1) is 5.24. The number of rotatable bonds is 5. The Morgan fingerprint density at radius 3 is 2.45 bits per heavy atom. The van der Waals surface area contributed by atoms with Crippen molar-refractivity contribution in [3.05, 3.63) is 24.5 Å². The van der Waals surface area contributed by atoms with E-state index in [1.54, 1.807) is 13.0 Å². The van der Waals surface area contributed by atoms with Crippen LogP contribution in [0.15, 0.2) is 24.5 Å². The van der Waals surface area contributed by atoms with Crippen molar-refractivity contribution in [3.8, 4) is 0 Å². The van der Waals surface area contributed by atoms with E-state index in [4.69, 9.17) is 4.74 Å². The molecule has 0 rings (SSSR count). The molecule has 0 amide bonds. The summed E-state index contributed by atoms with van der Waals surface area (Å²) in [7, 11) is 0. The second-order valence-electron chi connectivity index (χ2n) is 2.06. The summed E-state index contributed by atoms with van der Waals surface area (Å²) < 4.78 is 28.5. The molecule has 0 aliphatic heterocycles. The number of alkyl halides is 2. The van der Waals surface area contributed by atoms with Gasteiger partial charge in [0.15, 0.2) is 6.10 Å². The maximum atomic E-state index is 11.8. The lowest BCUT2D eigenvalue weighted by Crippen LogP contribution is -2.16. The molecule has 0 aliphatic rings. The minimum atomic E-state index is -0.966. The highest BCUT2D eigenvalue weighted by Gasteiger charge is 2.07. The molecule has 0 aromatic rings. The van der Waals surface area contributed by atoms with Gasteiger partial charge in [-0.25, -0.2) is 8.78 Å². The lowest BCUT2D eigenvalue weighted by atomic mass is 10.4. The Balaban J connectivity index is 3.80. The number of allylic oxidation sites excluding steroid dienone is 3. The zero-order chi connectivity index (χ0) is 8.69. The molecule has 0 atom stereocenters. The van der Waals surface area contributed by atoms with E-state index < -0.39 is 19.5 Å². The average molecular weight is 162 g/mol. The predicted octanol–water partition coefficient (Wildman–Crippen LogP) is 2.40. The van der Waals surface area contributed by atoms with Crippen LogP contribution in [0.5, 0.6) is 0 Å². The quantitative estimate of drug-likeness (QED) is 0.445. The van der Waals surface area contributed by atoms with Gasteiger partial charge in [-0.3, -0.25) is 0 Å². The second kappa shape index (κ2) is 5.89. The molecule has 0 spiro atoms. The molecule has 0 aromatic heterocycles. The van der Waals surface area contributed by atoms with Gasteiger partial charge < -0.3 is 4.74 Å². The highest BCUT2D eigenvalue weighted by Crippen LogP contribution is 2.03. The van der Waals surface area contributed by atoms with Gasteiger partial charge in [-0.1, -0.05) is 12.7 Å². The molecule has 0 saturated heterocycles. The summed E-state index contributed by atoms with van der Waals surface area (Å²) in [6.45, 7) is 3.43. The van der Waals surface area contributed by atoms with E-state index in [1.165, 1.54) is 6.08 Å². The van der Waals surface area contributed by atoms with Crippen LogP contribution in [-0.4, -0.2) is 19.5 Å². The Labute approximate surface area is 65.4 Å². The zero-order valence-corrected chi connectivity index (χ0v) is 6.52. The van der Waals surface area contributed by atoms with Crippen LogP contribution in [0.1, 0.15) is 6.92 Å². The first kappa shape index (κ1) is 10.1. The Hall–Kier alpha value is -0.860. The standard InChI is InChI=1S/C8H12F2O/c1-3-4-7(2)11-8(5-9)6-10/h3-4,8H,1,5-6H2,2H3/b7-4+. The van der Waals surface area contributed by atoms with Gasteiger partial charge in [-0.2, -0.15) is 0 Å². The van der Waals surface area contributed by atoms with Crippen LogP contribution in [0.3, 0.4) is 0 Å². The van der Waals surface area contributed by atoms with Crippen molar-refractivity contribution in [2.45, 2.75) is 13.0 Å². The van der Waals surface area contributed by atoms with Crippen LogP contribution in [0.25, 0.3) is 0 Å². The Kier molecular flexibility index (Phi) is 5.43. The first-order valence-electron chi connectivity index (χ1n) is 3.32. The number of halogens is 2. The van der Waals surface area contributed by atoms with Gasteiger partial charge >= 0.3 is 0 Å². The van der Waals surface area contributed by atoms with Crippen molar-refractivity contribution in [2.75, 3.05) is 13.3 Å². The van der Waals surface area contributed by atoms with Crippen LogP contribution >= 0.6 is 0 Å². The summed E-state index contributed by atoms with van der Waals surface area (Å²) in [4.78, 5) is 0. The third kappa shape index (κ3) is 4.53. The van der Waals surface area contributed by atoms with Crippen LogP contribution in [0.4, 0.5) is 8.78 Å². The third-order valence-corrected chi connectivity index (χ3v) is 1.05. The number of hydrogen-bond acceptors (Lipinski definition) is 1. The molecule has 0 radical (unpaired) electrons. The average Bonchev–Trinajstić information content (AvgIpc) is 2.01. The van der Waals surface area contributed by atoms with E-state index in [0.717, 1.165) is 0 Å². The normalized spacial score (nSPS) is 11.8. The van der Waals surface area contributed by atoms with E-state index >= 15 is 0 Å². The summed E-state index contributed by atoms with van der Waals surface area (Å²) in [5.41, 5.74) is 0. The van der Waals surface area contributed by atoms with Gasteiger partial charge in [0.1, 0.15) is 13.3 Å². The first-order valence-corrected chi connectivity index (χ1v) is 3.32. The van der Waals surface area contributed by atoms with Crippen molar-refractivity contribution in [2.24, 2.45) is 0 Å². The van der Waals surface area contributed by atoms with E-state index in [1.807, 2.05) is 0 Å². The second-order valence-corrected chi connectivity index (χ2v) is 2.06. The van der Waals surface area contributed by atoms with Crippen molar-refractivity contribution in [1.82, 2.24) is 0 Å². The lowest BCUT2D eigenvalue weighted by molar-refractivity contribution is 0.0705. The van der Waals surface area contributed by atoms with Crippen molar-refractivity contribution < 1.29 is 13.5 Å². The molecule has 3 heteroatoms. The molecule has 1 nitrogen and oxygen atoms in total. The van der Waals surface area contributed by atoms with Crippen LogP contribution in [0.2, 0.25) is 0 Å². The topological polar surface area (TPSA) is 9.23 Å². The molecule has 0 bridgehead atoms. The zero-order valence-electron chi connectivity index (χ0n) is 6.52. The van der Waals surface area contributed by atoms with Gasteiger partial charge in [0, 0.05) is 0 Å². The maximum Gasteiger partial charge on any atom is 0.155 e. The van der Waals surface area contributed by atoms with E-state index in [2.05, 4.69) is 6.58 Å². The molecule has 0 unspecified atom stereocenters. The van der Waals surface area contributed by atoms with Gasteiger partial charge in [0.25, 0.3) is 0 Å². The largest absolute Gasteiger partial charge is 0.490 e.